The van der Waals surface area contributed by atoms with Crippen molar-refractivity contribution in [3.8, 4) is 5.75 Å². The first-order valence-electron chi connectivity index (χ1n) is 6.04. The van der Waals surface area contributed by atoms with Gasteiger partial charge in [0, 0.05) is 30.7 Å². The smallest absolute Gasteiger partial charge is 0.260 e. The van der Waals surface area contributed by atoms with Gasteiger partial charge in [-0.05, 0) is 25.1 Å². The maximum Gasteiger partial charge on any atom is 0.260 e. The van der Waals surface area contributed by atoms with E-state index < -0.39 is 0 Å². The van der Waals surface area contributed by atoms with E-state index in [2.05, 4.69) is 12.2 Å². The molecule has 1 atom stereocenters. The molecule has 19 heavy (non-hydrogen) atoms. The molecule has 1 N–H and O–H groups in total. The van der Waals surface area contributed by atoms with Gasteiger partial charge in [-0.1, -0.05) is 17.7 Å². The van der Waals surface area contributed by atoms with Gasteiger partial charge in [-0.3, -0.25) is 4.79 Å². The van der Waals surface area contributed by atoms with E-state index in [1.165, 1.54) is 0 Å². The molecule has 2 rings (SSSR count). The van der Waals surface area contributed by atoms with Crippen molar-refractivity contribution in [2.24, 2.45) is 0 Å². The minimum atomic E-state index is 0. The van der Waals surface area contributed by atoms with Gasteiger partial charge in [-0.2, -0.15) is 0 Å². The normalized spacial score (nSPS) is 18.6. The van der Waals surface area contributed by atoms with E-state index in [0.29, 0.717) is 16.8 Å². The van der Waals surface area contributed by atoms with Crippen LogP contribution >= 0.6 is 24.0 Å². The van der Waals surface area contributed by atoms with E-state index >= 15 is 0 Å². The van der Waals surface area contributed by atoms with E-state index in [-0.39, 0.29) is 24.9 Å². The Kier molecular flexibility index (Phi) is 6.42. The Morgan fingerprint density at radius 3 is 3.05 bits per heavy atom. The van der Waals surface area contributed by atoms with Crippen LogP contribution in [0.2, 0.25) is 5.02 Å². The Labute approximate surface area is 124 Å². The van der Waals surface area contributed by atoms with Crippen LogP contribution in [-0.2, 0) is 4.79 Å². The van der Waals surface area contributed by atoms with Crippen LogP contribution < -0.4 is 10.1 Å². The molecule has 1 heterocycles. The Balaban J connectivity index is 0.00000180. The highest BCUT2D eigenvalue weighted by Crippen LogP contribution is 2.17. The van der Waals surface area contributed by atoms with Crippen LogP contribution in [0.25, 0.3) is 0 Å². The molecule has 1 fully saturated rings. The average molecular weight is 305 g/mol. The topological polar surface area (TPSA) is 41.6 Å². The Hall–Kier alpha value is -0.970. The molecule has 1 aliphatic heterocycles. The fourth-order valence-electron chi connectivity index (χ4n) is 1.95. The molecule has 0 saturated carbocycles. The molecule has 0 radical (unpaired) electrons. The summed E-state index contributed by atoms with van der Waals surface area (Å²) in [5, 5.41) is 3.90. The van der Waals surface area contributed by atoms with Crippen LogP contribution in [0.1, 0.15) is 6.92 Å². The van der Waals surface area contributed by atoms with Gasteiger partial charge >= 0.3 is 0 Å². The van der Waals surface area contributed by atoms with Gasteiger partial charge in [-0.15, -0.1) is 12.4 Å². The van der Waals surface area contributed by atoms with Gasteiger partial charge in [0.1, 0.15) is 5.75 Å². The average Bonchev–Trinajstić information content (AvgIpc) is 2.36. The number of halogens is 2. The van der Waals surface area contributed by atoms with Crippen LogP contribution in [-0.4, -0.2) is 43.1 Å². The van der Waals surface area contributed by atoms with Crippen molar-refractivity contribution >= 4 is 29.9 Å². The van der Waals surface area contributed by atoms with Crippen molar-refractivity contribution in [1.82, 2.24) is 10.2 Å². The van der Waals surface area contributed by atoms with E-state index in [4.69, 9.17) is 16.3 Å². The number of amides is 1. The molecule has 1 aliphatic rings. The zero-order valence-electron chi connectivity index (χ0n) is 10.8. The lowest BCUT2D eigenvalue weighted by Crippen LogP contribution is -2.52. The minimum Gasteiger partial charge on any atom is -0.484 e. The van der Waals surface area contributed by atoms with Crippen molar-refractivity contribution in [1.29, 1.82) is 0 Å². The standard InChI is InChI=1S/C13H17ClN2O2.ClH/c1-10-8-16(6-5-15-10)13(17)9-18-12-4-2-3-11(14)7-12;/h2-4,7,10,15H,5-6,8-9H2,1H3;1H/t10-;/m0./s1. The van der Waals surface area contributed by atoms with Gasteiger partial charge in [0.05, 0.1) is 0 Å². The largest absolute Gasteiger partial charge is 0.484 e. The molecule has 6 heteroatoms. The number of hydrogen-bond donors (Lipinski definition) is 1. The second-order valence-electron chi connectivity index (χ2n) is 4.44. The molecule has 4 nitrogen and oxygen atoms in total. The molecule has 1 amide bonds. The molecule has 0 unspecified atom stereocenters. The maximum atomic E-state index is 11.9. The highest BCUT2D eigenvalue weighted by atomic mass is 35.5. The second-order valence-corrected chi connectivity index (χ2v) is 4.88. The number of piperazine rings is 1. The summed E-state index contributed by atoms with van der Waals surface area (Å²) in [4.78, 5) is 13.8. The lowest BCUT2D eigenvalue weighted by Gasteiger charge is -2.31. The first-order valence-corrected chi connectivity index (χ1v) is 6.42. The van der Waals surface area contributed by atoms with Crippen molar-refractivity contribution < 1.29 is 9.53 Å². The first-order chi connectivity index (χ1) is 8.65. The van der Waals surface area contributed by atoms with Gasteiger partial charge < -0.3 is 15.0 Å². The molecule has 1 aromatic carbocycles. The van der Waals surface area contributed by atoms with Crippen molar-refractivity contribution in [2.75, 3.05) is 26.2 Å². The third-order valence-corrected chi connectivity index (χ3v) is 3.11. The van der Waals surface area contributed by atoms with E-state index in [1.807, 2.05) is 4.90 Å². The number of carbonyl (C=O) groups is 1. The van der Waals surface area contributed by atoms with Crippen LogP contribution in [0, 0.1) is 0 Å². The number of benzene rings is 1. The maximum absolute atomic E-state index is 11.9. The van der Waals surface area contributed by atoms with Gasteiger partial charge in [-0.25, -0.2) is 0 Å². The predicted molar refractivity (Wildman–Crippen MR) is 78.2 cm³/mol. The van der Waals surface area contributed by atoms with Crippen molar-refractivity contribution in [2.45, 2.75) is 13.0 Å². The second kappa shape index (κ2) is 7.58. The molecule has 1 aromatic rings. The van der Waals surface area contributed by atoms with E-state index in [1.54, 1.807) is 24.3 Å². The fourth-order valence-corrected chi connectivity index (χ4v) is 2.13. The Bertz CT molecular complexity index is 429. The third kappa shape index (κ3) is 4.90. The molecular weight excluding hydrogens is 287 g/mol. The SMILES string of the molecule is C[C@H]1CN(C(=O)COc2cccc(Cl)c2)CCN1.Cl. The predicted octanol–water partition coefficient (Wildman–Crippen LogP) is 1.96. The van der Waals surface area contributed by atoms with Crippen LogP contribution in [0.5, 0.6) is 5.75 Å². The lowest BCUT2D eigenvalue weighted by atomic mass is 10.2. The molecule has 0 aromatic heterocycles. The number of nitrogens with zero attached hydrogens (tertiary/aromatic N) is 1. The quantitative estimate of drug-likeness (QED) is 0.928. The van der Waals surface area contributed by atoms with E-state index in [0.717, 1.165) is 19.6 Å². The molecular formula is C13H18Cl2N2O2. The lowest BCUT2D eigenvalue weighted by molar-refractivity contribution is -0.134. The zero-order valence-corrected chi connectivity index (χ0v) is 12.3. The molecule has 1 saturated heterocycles. The molecule has 0 bridgehead atoms. The monoisotopic (exact) mass is 304 g/mol. The summed E-state index contributed by atoms with van der Waals surface area (Å²) >= 11 is 5.84. The number of nitrogens with one attached hydrogen (secondary N) is 1. The summed E-state index contributed by atoms with van der Waals surface area (Å²) in [6.07, 6.45) is 0. The molecule has 0 spiro atoms. The number of carbonyl (C=O) groups excluding carboxylic acids is 1. The Morgan fingerprint density at radius 2 is 2.37 bits per heavy atom. The van der Waals surface area contributed by atoms with Gasteiger partial charge in [0.25, 0.3) is 5.91 Å². The summed E-state index contributed by atoms with van der Waals surface area (Å²) in [5.41, 5.74) is 0. The van der Waals surface area contributed by atoms with Crippen LogP contribution in [0.3, 0.4) is 0 Å². The number of rotatable bonds is 3. The summed E-state index contributed by atoms with van der Waals surface area (Å²) in [5.74, 6) is 0.641. The summed E-state index contributed by atoms with van der Waals surface area (Å²) < 4.78 is 5.44. The van der Waals surface area contributed by atoms with Crippen LogP contribution in [0.4, 0.5) is 0 Å². The molecule has 0 aliphatic carbocycles. The summed E-state index contributed by atoms with van der Waals surface area (Å²) in [7, 11) is 0. The summed E-state index contributed by atoms with van der Waals surface area (Å²) in [6.45, 7) is 4.44. The highest BCUT2D eigenvalue weighted by molar-refractivity contribution is 6.30. The van der Waals surface area contributed by atoms with Gasteiger partial charge in [0.2, 0.25) is 0 Å². The van der Waals surface area contributed by atoms with Crippen molar-refractivity contribution in [3.63, 3.8) is 0 Å². The number of hydrogen-bond acceptors (Lipinski definition) is 3. The number of ether oxygens (including phenoxy) is 1. The third-order valence-electron chi connectivity index (χ3n) is 2.88. The van der Waals surface area contributed by atoms with Crippen LogP contribution in [0.15, 0.2) is 24.3 Å². The first kappa shape index (κ1) is 16.1. The van der Waals surface area contributed by atoms with E-state index in [9.17, 15) is 4.79 Å². The highest BCUT2D eigenvalue weighted by Gasteiger charge is 2.20. The van der Waals surface area contributed by atoms with Gasteiger partial charge in [0.15, 0.2) is 6.61 Å². The summed E-state index contributed by atoms with van der Waals surface area (Å²) in [6, 6.07) is 7.41. The zero-order chi connectivity index (χ0) is 13.0. The van der Waals surface area contributed by atoms with Crippen molar-refractivity contribution in [3.05, 3.63) is 29.3 Å². The fraction of sp³-hybridized carbons (Fsp3) is 0.462. The minimum absolute atomic E-state index is 0. The Morgan fingerprint density at radius 1 is 1.58 bits per heavy atom. The molecule has 106 valence electrons.